The number of nitrogens with one attached hydrogen (secondary N) is 1. The van der Waals surface area contributed by atoms with Crippen molar-refractivity contribution in [3.63, 3.8) is 0 Å². The van der Waals surface area contributed by atoms with Gasteiger partial charge in [0.2, 0.25) is 5.91 Å². The highest BCUT2D eigenvalue weighted by atomic mass is 16.3. The van der Waals surface area contributed by atoms with Crippen molar-refractivity contribution in [2.75, 3.05) is 20.1 Å². The van der Waals surface area contributed by atoms with Crippen LogP contribution in [0.15, 0.2) is 24.3 Å². The molecule has 1 amide bonds. The van der Waals surface area contributed by atoms with E-state index in [0.29, 0.717) is 19.0 Å². The Kier molecular flexibility index (Phi) is 4.98. The standard InChI is InChI=1S/C15H23N3O2/c1-18-8-2-3-12(18)10-17-15(20)14(16)9-11-4-6-13(19)7-5-11/h4-7,12,14,19H,2-3,8-10,16H2,1H3,(H,17,20). The first kappa shape index (κ1) is 14.8. The van der Waals surface area contributed by atoms with E-state index in [1.807, 2.05) is 0 Å². The van der Waals surface area contributed by atoms with Gasteiger partial charge >= 0.3 is 0 Å². The molecule has 2 unspecified atom stereocenters. The summed E-state index contributed by atoms with van der Waals surface area (Å²) in [4.78, 5) is 14.2. The van der Waals surface area contributed by atoms with E-state index in [-0.39, 0.29) is 11.7 Å². The third-order valence-electron chi connectivity index (χ3n) is 3.91. The second-order valence-electron chi connectivity index (χ2n) is 5.50. The van der Waals surface area contributed by atoms with Gasteiger partial charge in [-0.05, 0) is 50.6 Å². The van der Waals surface area contributed by atoms with E-state index in [2.05, 4.69) is 17.3 Å². The van der Waals surface area contributed by atoms with E-state index in [1.54, 1.807) is 24.3 Å². The molecule has 0 aromatic heterocycles. The number of carbonyl (C=O) groups is 1. The molecule has 0 bridgehead atoms. The molecule has 1 saturated heterocycles. The van der Waals surface area contributed by atoms with E-state index in [1.165, 1.54) is 6.42 Å². The van der Waals surface area contributed by atoms with E-state index in [9.17, 15) is 9.90 Å². The molecule has 2 rings (SSSR count). The minimum absolute atomic E-state index is 0.113. The normalized spacial score (nSPS) is 20.8. The minimum Gasteiger partial charge on any atom is -0.508 e. The van der Waals surface area contributed by atoms with Crippen LogP contribution in [0.25, 0.3) is 0 Å². The highest BCUT2D eigenvalue weighted by Crippen LogP contribution is 2.14. The third-order valence-corrected chi connectivity index (χ3v) is 3.91. The second-order valence-corrected chi connectivity index (χ2v) is 5.50. The molecular formula is C15H23N3O2. The highest BCUT2D eigenvalue weighted by Gasteiger charge is 2.22. The van der Waals surface area contributed by atoms with Crippen molar-refractivity contribution in [1.82, 2.24) is 10.2 Å². The Morgan fingerprint density at radius 1 is 1.50 bits per heavy atom. The minimum atomic E-state index is -0.550. The number of likely N-dealkylation sites (N-methyl/N-ethyl adjacent to an activating group) is 1. The number of aromatic hydroxyl groups is 1. The predicted molar refractivity (Wildman–Crippen MR) is 78.4 cm³/mol. The number of carbonyl (C=O) groups excluding carboxylic acids is 1. The van der Waals surface area contributed by atoms with Gasteiger partial charge in [0.15, 0.2) is 0 Å². The fourth-order valence-corrected chi connectivity index (χ4v) is 2.57. The molecular weight excluding hydrogens is 254 g/mol. The van der Waals surface area contributed by atoms with Crippen LogP contribution in [0.5, 0.6) is 5.75 Å². The maximum absolute atomic E-state index is 12.0. The fraction of sp³-hybridized carbons (Fsp3) is 0.533. The van der Waals surface area contributed by atoms with Gasteiger partial charge in [-0.15, -0.1) is 0 Å². The van der Waals surface area contributed by atoms with Crippen LogP contribution in [0.1, 0.15) is 18.4 Å². The Bertz CT molecular complexity index is 447. The quantitative estimate of drug-likeness (QED) is 0.731. The number of hydrogen-bond acceptors (Lipinski definition) is 4. The first-order chi connectivity index (χ1) is 9.56. The van der Waals surface area contributed by atoms with Crippen LogP contribution >= 0.6 is 0 Å². The smallest absolute Gasteiger partial charge is 0.237 e. The van der Waals surface area contributed by atoms with E-state index < -0.39 is 6.04 Å². The molecule has 1 aromatic rings. The number of phenolic OH excluding ortho intramolecular Hbond substituents is 1. The van der Waals surface area contributed by atoms with Crippen molar-refractivity contribution in [3.8, 4) is 5.75 Å². The van der Waals surface area contributed by atoms with Crippen molar-refractivity contribution >= 4 is 5.91 Å². The largest absolute Gasteiger partial charge is 0.508 e. The number of likely N-dealkylation sites (tertiary alicyclic amines) is 1. The highest BCUT2D eigenvalue weighted by molar-refractivity contribution is 5.81. The van der Waals surface area contributed by atoms with Crippen molar-refractivity contribution in [2.45, 2.75) is 31.3 Å². The monoisotopic (exact) mass is 277 g/mol. The van der Waals surface area contributed by atoms with Gasteiger partial charge in [-0.2, -0.15) is 0 Å². The van der Waals surface area contributed by atoms with E-state index in [4.69, 9.17) is 5.73 Å². The maximum atomic E-state index is 12.0. The molecule has 0 aliphatic carbocycles. The summed E-state index contributed by atoms with van der Waals surface area (Å²) in [6.45, 7) is 1.76. The van der Waals surface area contributed by atoms with Gasteiger partial charge in [-0.1, -0.05) is 12.1 Å². The molecule has 1 heterocycles. The third kappa shape index (κ3) is 3.95. The predicted octanol–water partition coefficient (Wildman–Crippen LogP) is 0.472. The molecule has 110 valence electrons. The Hall–Kier alpha value is -1.59. The molecule has 0 radical (unpaired) electrons. The number of nitrogens with zero attached hydrogens (tertiary/aromatic N) is 1. The maximum Gasteiger partial charge on any atom is 0.237 e. The van der Waals surface area contributed by atoms with Crippen LogP contribution < -0.4 is 11.1 Å². The lowest BCUT2D eigenvalue weighted by atomic mass is 10.1. The molecule has 0 saturated carbocycles. The summed E-state index contributed by atoms with van der Waals surface area (Å²) < 4.78 is 0. The molecule has 1 fully saturated rings. The van der Waals surface area contributed by atoms with Gasteiger partial charge in [-0.3, -0.25) is 4.79 Å². The van der Waals surface area contributed by atoms with Crippen LogP contribution in [0.4, 0.5) is 0 Å². The van der Waals surface area contributed by atoms with Crippen LogP contribution in [0, 0.1) is 0 Å². The van der Waals surface area contributed by atoms with Crippen LogP contribution in [0.3, 0.4) is 0 Å². The van der Waals surface area contributed by atoms with Gasteiger partial charge in [0.1, 0.15) is 5.75 Å². The number of benzene rings is 1. The summed E-state index contributed by atoms with van der Waals surface area (Å²) in [6, 6.07) is 6.66. The molecule has 1 aliphatic rings. The topological polar surface area (TPSA) is 78.6 Å². The Morgan fingerprint density at radius 3 is 2.80 bits per heavy atom. The van der Waals surface area contributed by atoms with Crippen LogP contribution in [-0.2, 0) is 11.2 Å². The average Bonchev–Trinajstić information content (AvgIpc) is 2.84. The molecule has 4 N–H and O–H groups in total. The summed E-state index contributed by atoms with van der Waals surface area (Å²) in [5.74, 6) is 0.106. The van der Waals surface area contributed by atoms with Gasteiger partial charge in [0.05, 0.1) is 6.04 Å². The van der Waals surface area contributed by atoms with Crippen LogP contribution in [0.2, 0.25) is 0 Å². The summed E-state index contributed by atoms with van der Waals surface area (Å²) >= 11 is 0. The Labute approximate surface area is 119 Å². The lowest BCUT2D eigenvalue weighted by Crippen LogP contribution is -2.46. The lowest BCUT2D eigenvalue weighted by molar-refractivity contribution is -0.122. The van der Waals surface area contributed by atoms with E-state index >= 15 is 0 Å². The second kappa shape index (κ2) is 6.72. The molecule has 2 atom stereocenters. The summed E-state index contributed by atoms with van der Waals surface area (Å²) in [5.41, 5.74) is 6.87. The zero-order chi connectivity index (χ0) is 14.5. The molecule has 20 heavy (non-hydrogen) atoms. The number of hydrogen-bond donors (Lipinski definition) is 3. The first-order valence-electron chi connectivity index (χ1n) is 7.07. The molecule has 1 aromatic carbocycles. The van der Waals surface area contributed by atoms with Crippen LogP contribution in [-0.4, -0.2) is 48.1 Å². The Morgan fingerprint density at radius 2 is 2.20 bits per heavy atom. The summed E-state index contributed by atoms with van der Waals surface area (Å²) in [5, 5.41) is 12.1. The summed E-state index contributed by atoms with van der Waals surface area (Å²) in [7, 11) is 2.08. The first-order valence-corrected chi connectivity index (χ1v) is 7.07. The number of phenols is 1. The lowest BCUT2D eigenvalue weighted by Gasteiger charge is -2.21. The van der Waals surface area contributed by atoms with E-state index in [0.717, 1.165) is 18.5 Å². The summed E-state index contributed by atoms with van der Waals surface area (Å²) in [6.07, 6.45) is 2.80. The van der Waals surface area contributed by atoms with Crippen molar-refractivity contribution < 1.29 is 9.90 Å². The van der Waals surface area contributed by atoms with Gasteiger partial charge in [0.25, 0.3) is 0 Å². The zero-order valence-electron chi connectivity index (χ0n) is 11.9. The number of nitrogens with two attached hydrogens (primary N) is 1. The van der Waals surface area contributed by atoms with Crippen molar-refractivity contribution in [2.24, 2.45) is 5.73 Å². The SMILES string of the molecule is CN1CCCC1CNC(=O)C(N)Cc1ccc(O)cc1. The van der Waals surface area contributed by atoms with Gasteiger partial charge in [0, 0.05) is 12.6 Å². The molecule has 5 heteroatoms. The zero-order valence-corrected chi connectivity index (χ0v) is 11.9. The molecule has 0 spiro atoms. The van der Waals surface area contributed by atoms with Crippen molar-refractivity contribution in [3.05, 3.63) is 29.8 Å². The van der Waals surface area contributed by atoms with Crippen molar-refractivity contribution in [1.29, 1.82) is 0 Å². The molecule has 5 nitrogen and oxygen atoms in total. The van der Waals surface area contributed by atoms with Gasteiger partial charge < -0.3 is 21.1 Å². The van der Waals surface area contributed by atoms with Gasteiger partial charge in [-0.25, -0.2) is 0 Å². The fourth-order valence-electron chi connectivity index (χ4n) is 2.57. The average molecular weight is 277 g/mol. The number of rotatable bonds is 5. The Balaban J connectivity index is 1.78. The number of amides is 1. The molecule has 1 aliphatic heterocycles.